The molecule has 0 aliphatic carbocycles. The summed E-state index contributed by atoms with van der Waals surface area (Å²) in [7, 11) is -3.86. The molecule has 0 bridgehead atoms. The molecule has 0 N–H and O–H groups in total. The van der Waals surface area contributed by atoms with Crippen LogP contribution >= 0.6 is 27.5 Å². The summed E-state index contributed by atoms with van der Waals surface area (Å²) in [6.45, 7) is 0. The summed E-state index contributed by atoms with van der Waals surface area (Å²) in [6, 6.07) is 18.6. The molecule has 1 heterocycles. The Morgan fingerprint density at radius 2 is 1.54 bits per heavy atom. The number of nitrogens with zero attached hydrogens (tertiary/aromatic N) is 2. The van der Waals surface area contributed by atoms with Crippen molar-refractivity contribution in [1.82, 2.24) is 4.98 Å². The predicted molar refractivity (Wildman–Crippen MR) is 99.2 cm³/mol. The van der Waals surface area contributed by atoms with Gasteiger partial charge in [-0.25, -0.2) is 17.7 Å². The van der Waals surface area contributed by atoms with E-state index in [2.05, 4.69) is 20.9 Å². The average molecular weight is 424 g/mol. The summed E-state index contributed by atoms with van der Waals surface area (Å²) < 4.78 is 28.3. The number of rotatable bonds is 4. The van der Waals surface area contributed by atoms with E-state index in [1.807, 2.05) is 6.07 Å². The van der Waals surface area contributed by atoms with E-state index in [9.17, 15) is 8.42 Å². The molecule has 0 radical (unpaired) electrons. The number of hydrogen-bond donors (Lipinski definition) is 0. The summed E-state index contributed by atoms with van der Waals surface area (Å²) in [5.41, 5.74) is 0.754. The lowest BCUT2D eigenvalue weighted by Crippen LogP contribution is -2.26. The lowest BCUT2D eigenvalue weighted by atomic mass is 10.3. The Morgan fingerprint density at radius 3 is 2.17 bits per heavy atom. The zero-order valence-corrected chi connectivity index (χ0v) is 15.5. The largest absolute Gasteiger partial charge is 0.268 e. The van der Waals surface area contributed by atoms with Gasteiger partial charge in [0.15, 0.2) is 5.15 Å². The summed E-state index contributed by atoms with van der Waals surface area (Å²) >= 11 is 9.51. The van der Waals surface area contributed by atoms with Crippen LogP contribution in [0.2, 0.25) is 5.15 Å². The lowest BCUT2D eigenvalue weighted by molar-refractivity contribution is 0.596. The van der Waals surface area contributed by atoms with Gasteiger partial charge < -0.3 is 0 Å². The van der Waals surface area contributed by atoms with E-state index in [0.717, 1.165) is 0 Å². The van der Waals surface area contributed by atoms with Crippen molar-refractivity contribution in [3.63, 3.8) is 0 Å². The van der Waals surface area contributed by atoms with Gasteiger partial charge in [0.1, 0.15) is 0 Å². The Labute approximate surface area is 153 Å². The monoisotopic (exact) mass is 422 g/mol. The van der Waals surface area contributed by atoms with Gasteiger partial charge in [0, 0.05) is 10.7 Å². The van der Waals surface area contributed by atoms with Crippen molar-refractivity contribution < 1.29 is 8.42 Å². The SMILES string of the molecule is O=S(=O)(c1ccccc1)N(c1ccccc1)c1cc(Br)cnc1Cl. The van der Waals surface area contributed by atoms with E-state index < -0.39 is 10.0 Å². The smallest absolute Gasteiger partial charge is 0.241 e. The second-order valence-corrected chi connectivity index (χ2v) is 7.94. The molecule has 0 spiro atoms. The van der Waals surface area contributed by atoms with Crippen molar-refractivity contribution >= 4 is 48.9 Å². The number of sulfonamides is 1. The molecule has 24 heavy (non-hydrogen) atoms. The molecular weight excluding hydrogens is 412 g/mol. The van der Waals surface area contributed by atoms with Crippen molar-refractivity contribution in [2.24, 2.45) is 0 Å². The van der Waals surface area contributed by atoms with Crippen LogP contribution in [0.25, 0.3) is 0 Å². The molecule has 0 aliphatic rings. The maximum atomic E-state index is 13.2. The Balaban J connectivity index is 2.26. The van der Waals surface area contributed by atoms with Crippen LogP contribution in [-0.2, 0) is 10.0 Å². The topological polar surface area (TPSA) is 50.3 Å². The molecular formula is C17H12BrClN2O2S. The number of halogens is 2. The maximum Gasteiger partial charge on any atom is 0.268 e. The molecule has 7 heteroatoms. The molecule has 4 nitrogen and oxygen atoms in total. The van der Waals surface area contributed by atoms with E-state index in [0.29, 0.717) is 10.2 Å². The molecule has 3 aromatic rings. The first-order valence-corrected chi connectivity index (χ1v) is 9.58. The first-order chi connectivity index (χ1) is 11.5. The second kappa shape index (κ2) is 6.93. The molecule has 0 saturated heterocycles. The number of para-hydroxylation sites is 1. The maximum absolute atomic E-state index is 13.2. The van der Waals surface area contributed by atoms with Gasteiger partial charge in [0.05, 0.1) is 16.3 Å². The number of pyridine rings is 1. The highest BCUT2D eigenvalue weighted by Crippen LogP contribution is 2.37. The van der Waals surface area contributed by atoms with E-state index >= 15 is 0 Å². The molecule has 0 aliphatic heterocycles. The molecule has 122 valence electrons. The van der Waals surface area contributed by atoms with Crippen LogP contribution in [0.4, 0.5) is 11.4 Å². The van der Waals surface area contributed by atoms with Crippen molar-refractivity contribution in [3.8, 4) is 0 Å². The normalized spacial score (nSPS) is 11.2. The molecule has 3 rings (SSSR count). The minimum absolute atomic E-state index is 0.0987. The number of anilines is 2. The standard InChI is InChI=1S/C17H12BrClN2O2S/c18-13-11-16(17(19)20-12-13)21(14-7-3-1-4-8-14)24(22,23)15-9-5-2-6-10-15/h1-12H. The van der Waals surface area contributed by atoms with E-state index in [1.54, 1.807) is 60.7 Å². The summed E-state index contributed by atoms with van der Waals surface area (Å²) in [6.07, 6.45) is 1.52. The second-order valence-electron chi connectivity index (χ2n) is 4.88. The number of benzene rings is 2. The highest BCUT2D eigenvalue weighted by atomic mass is 79.9. The van der Waals surface area contributed by atoms with Crippen LogP contribution in [0.3, 0.4) is 0 Å². The van der Waals surface area contributed by atoms with Crippen LogP contribution in [0.1, 0.15) is 0 Å². The molecule has 0 saturated carbocycles. The van der Waals surface area contributed by atoms with Crippen LogP contribution in [-0.4, -0.2) is 13.4 Å². The number of aromatic nitrogens is 1. The van der Waals surface area contributed by atoms with Gasteiger partial charge in [-0.15, -0.1) is 0 Å². The quantitative estimate of drug-likeness (QED) is 0.553. The third-order valence-corrected chi connectivity index (χ3v) is 5.76. The highest BCUT2D eigenvalue weighted by molar-refractivity contribution is 9.10. The Hall–Kier alpha value is -1.89. The highest BCUT2D eigenvalue weighted by Gasteiger charge is 2.28. The van der Waals surface area contributed by atoms with Gasteiger partial charge in [-0.2, -0.15) is 0 Å². The molecule has 0 unspecified atom stereocenters. The number of hydrogen-bond acceptors (Lipinski definition) is 3. The van der Waals surface area contributed by atoms with E-state index in [4.69, 9.17) is 11.6 Å². The van der Waals surface area contributed by atoms with Crippen molar-refractivity contribution in [2.75, 3.05) is 4.31 Å². The zero-order valence-electron chi connectivity index (χ0n) is 12.3. The summed E-state index contributed by atoms with van der Waals surface area (Å²) in [4.78, 5) is 4.22. The minimum Gasteiger partial charge on any atom is -0.241 e. The Morgan fingerprint density at radius 1 is 0.958 bits per heavy atom. The molecule has 0 amide bonds. The fourth-order valence-corrected chi connectivity index (χ4v) is 4.29. The fraction of sp³-hybridized carbons (Fsp3) is 0. The lowest BCUT2D eigenvalue weighted by Gasteiger charge is -2.25. The van der Waals surface area contributed by atoms with Crippen LogP contribution in [0, 0.1) is 0 Å². The van der Waals surface area contributed by atoms with Gasteiger partial charge >= 0.3 is 0 Å². The van der Waals surface area contributed by atoms with Gasteiger partial charge in [-0.05, 0) is 46.3 Å². The predicted octanol–water partition coefficient (Wildman–Crippen LogP) is 5.02. The van der Waals surface area contributed by atoms with Crippen molar-refractivity contribution in [2.45, 2.75) is 4.90 Å². The van der Waals surface area contributed by atoms with Gasteiger partial charge in [0.25, 0.3) is 10.0 Å². The first kappa shape index (κ1) is 17.0. The summed E-state index contributed by atoms with van der Waals surface area (Å²) in [5.74, 6) is 0. The van der Waals surface area contributed by atoms with Crippen molar-refractivity contribution in [3.05, 3.63) is 82.6 Å². The Bertz CT molecular complexity index is 951. The van der Waals surface area contributed by atoms with Gasteiger partial charge in [0.2, 0.25) is 0 Å². The van der Waals surface area contributed by atoms with Gasteiger partial charge in [-0.1, -0.05) is 48.0 Å². The fourth-order valence-electron chi connectivity index (χ4n) is 2.22. The van der Waals surface area contributed by atoms with E-state index in [1.165, 1.54) is 10.5 Å². The first-order valence-electron chi connectivity index (χ1n) is 6.96. The van der Waals surface area contributed by atoms with Crippen molar-refractivity contribution in [1.29, 1.82) is 0 Å². The van der Waals surface area contributed by atoms with Gasteiger partial charge in [-0.3, -0.25) is 0 Å². The van der Waals surface area contributed by atoms with Crippen LogP contribution in [0.15, 0.2) is 82.3 Å². The molecule has 1 aromatic heterocycles. The van der Waals surface area contributed by atoms with Crippen LogP contribution < -0.4 is 4.31 Å². The Kier molecular flexibility index (Phi) is 4.89. The third kappa shape index (κ3) is 3.31. The molecule has 2 aromatic carbocycles. The van der Waals surface area contributed by atoms with E-state index in [-0.39, 0.29) is 15.7 Å². The third-order valence-electron chi connectivity index (χ3n) is 3.28. The molecule has 0 atom stereocenters. The van der Waals surface area contributed by atoms with Crippen LogP contribution in [0.5, 0.6) is 0 Å². The average Bonchev–Trinajstić information content (AvgIpc) is 2.60. The minimum atomic E-state index is -3.86. The zero-order chi connectivity index (χ0) is 17.2. The molecule has 0 fully saturated rings. The summed E-state index contributed by atoms with van der Waals surface area (Å²) in [5, 5.41) is 0.0987.